The van der Waals surface area contributed by atoms with Gasteiger partial charge in [0.1, 0.15) is 0 Å². The van der Waals surface area contributed by atoms with Crippen LogP contribution in [0.25, 0.3) is 59.8 Å². The van der Waals surface area contributed by atoms with Gasteiger partial charge in [0.05, 0.1) is 10.8 Å². The summed E-state index contributed by atoms with van der Waals surface area (Å²) in [5, 5.41) is 9.67. The highest BCUT2D eigenvalue weighted by Gasteiger charge is 2.53. The van der Waals surface area contributed by atoms with Crippen molar-refractivity contribution in [2.45, 2.75) is 10.8 Å². The maximum absolute atomic E-state index is 5.15. The first-order valence-corrected chi connectivity index (χ1v) is 29.7. The molecule has 2 nitrogen and oxygen atoms in total. The van der Waals surface area contributed by atoms with E-state index in [0.29, 0.717) is 0 Å². The summed E-state index contributed by atoms with van der Waals surface area (Å²) < 4.78 is 0. The predicted molar refractivity (Wildman–Crippen MR) is 363 cm³/mol. The van der Waals surface area contributed by atoms with Crippen molar-refractivity contribution in [1.29, 1.82) is 0 Å². The molecule has 2 bridgehead atoms. The molecule has 14 aromatic carbocycles. The molecule has 0 spiro atoms. The van der Waals surface area contributed by atoms with Crippen LogP contribution in [0.1, 0.15) is 38.9 Å². The van der Waals surface area contributed by atoms with Gasteiger partial charge in [0.2, 0.25) is 0 Å². The number of rotatable bonds is 10. The quantitative estimate of drug-likeness (QED) is 0.135. The minimum absolute atomic E-state index is 0.723. The average molecular weight is 1100 g/mol. The van der Waals surface area contributed by atoms with E-state index in [1.807, 2.05) is 0 Å². The lowest BCUT2D eigenvalue weighted by molar-refractivity contribution is 0.630. The molecular formula is C84H58N2. The molecule has 0 aromatic heterocycles. The van der Waals surface area contributed by atoms with Gasteiger partial charge < -0.3 is 9.80 Å². The Balaban J connectivity index is 0.867. The Bertz CT molecular complexity index is 4860. The molecule has 0 N–H and O–H groups in total. The number of fused-ring (bicyclic) bond motifs is 7. The molecule has 14 aromatic rings. The largest absolute Gasteiger partial charge is 0.310 e. The van der Waals surface area contributed by atoms with Gasteiger partial charge in [0, 0.05) is 34.1 Å². The molecule has 0 radical (unpaired) electrons. The maximum Gasteiger partial charge on any atom is 0.0702 e. The molecule has 0 aliphatic heterocycles. The number of hydrogen-bond donors (Lipinski definition) is 0. The third-order valence-corrected chi connectivity index (χ3v) is 18.2. The van der Waals surface area contributed by atoms with Crippen LogP contribution in [0.2, 0.25) is 0 Å². The topological polar surface area (TPSA) is 6.48 Å². The lowest BCUT2D eigenvalue weighted by atomic mass is 9.52. The van der Waals surface area contributed by atoms with Crippen LogP contribution in [-0.2, 0) is 10.8 Å². The monoisotopic (exact) mass is 1090 g/mol. The Labute approximate surface area is 502 Å². The molecule has 86 heavy (non-hydrogen) atoms. The normalized spacial score (nSPS) is 17.0. The predicted octanol–water partition coefficient (Wildman–Crippen LogP) is 22.1. The van der Waals surface area contributed by atoms with E-state index in [-0.39, 0.29) is 0 Å². The number of allylic oxidation sites excluding steroid dienone is 5. The van der Waals surface area contributed by atoms with Gasteiger partial charge in [-0.1, -0.05) is 267 Å². The molecule has 16 rings (SSSR count). The van der Waals surface area contributed by atoms with Crippen LogP contribution >= 0.6 is 0 Å². The van der Waals surface area contributed by atoms with Crippen molar-refractivity contribution in [3.8, 4) is 11.1 Å². The van der Waals surface area contributed by atoms with Crippen LogP contribution in [0.5, 0.6) is 0 Å². The first kappa shape index (κ1) is 50.6. The van der Waals surface area contributed by atoms with E-state index in [2.05, 4.69) is 350 Å². The highest BCUT2D eigenvalue weighted by Crippen LogP contribution is 2.60. The molecule has 2 unspecified atom stereocenters. The SMILES string of the molecule is C=C1/C=C\C(c2ccc(N(c3ccc4ccccc4c3)c3ccc4ccccc4c3)cc2)=C/C2(c3ccccc3)c3ccccc3C1(c1ccccc1)c1cc(-c3ccc(N(c4ccc5ccccc5c4)c4ccc5ccccc5c4)cc3)ccc12. The van der Waals surface area contributed by atoms with Gasteiger partial charge in [-0.15, -0.1) is 0 Å². The Morgan fingerprint density at radius 3 is 1.07 bits per heavy atom. The van der Waals surface area contributed by atoms with Crippen LogP contribution in [-0.4, -0.2) is 0 Å². The van der Waals surface area contributed by atoms with Crippen molar-refractivity contribution in [2.75, 3.05) is 9.80 Å². The second kappa shape index (κ2) is 20.7. The van der Waals surface area contributed by atoms with Gasteiger partial charge in [-0.05, 0) is 183 Å². The number of nitrogens with zero attached hydrogens (tertiary/aromatic N) is 2. The Morgan fingerprint density at radius 2 is 0.605 bits per heavy atom. The lowest BCUT2D eigenvalue weighted by Gasteiger charge is -2.49. The molecule has 0 saturated carbocycles. The van der Waals surface area contributed by atoms with E-state index in [9.17, 15) is 0 Å². The Morgan fingerprint density at radius 1 is 0.244 bits per heavy atom. The number of benzene rings is 14. The molecule has 2 atom stereocenters. The van der Waals surface area contributed by atoms with Crippen LogP contribution in [0.4, 0.5) is 34.1 Å². The Hall–Kier alpha value is -11.1. The first-order valence-electron chi connectivity index (χ1n) is 29.7. The van der Waals surface area contributed by atoms with Crippen molar-refractivity contribution < 1.29 is 0 Å². The summed E-state index contributed by atoms with van der Waals surface area (Å²) in [6, 6.07) is 119. The molecule has 0 fully saturated rings. The standard InChI is InChI=1S/C84H58N2/c1-58-32-33-70(64-36-45-74(46-37-64)86(77-49-40-61-20-10-14-24-67(61)54-77)78-50-41-62-21-11-15-25-68(62)55-78)57-83(71-26-4-2-5-27-71)79-30-16-17-31-81(79)84(58,72-28-6-3-7-29-72)82-56-69(42-51-80(82)83)63-34-43-73(44-35-63)85(75-47-38-59-18-8-12-22-65(59)52-75)76-48-39-60-19-9-13-23-66(60)53-76/h2-57H,1H2/b33-32-,70-57+. The fraction of sp³-hybridized carbons (Fsp3) is 0.0238. The van der Waals surface area contributed by atoms with Crippen LogP contribution < -0.4 is 9.80 Å². The van der Waals surface area contributed by atoms with Crippen molar-refractivity contribution >= 4 is 82.8 Å². The van der Waals surface area contributed by atoms with Gasteiger partial charge in [0.15, 0.2) is 0 Å². The summed E-state index contributed by atoms with van der Waals surface area (Å²) >= 11 is 0. The summed E-state index contributed by atoms with van der Waals surface area (Å²) in [6.07, 6.45) is 7.17. The fourth-order valence-electron chi connectivity index (χ4n) is 14.1. The van der Waals surface area contributed by atoms with Gasteiger partial charge >= 0.3 is 0 Å². The van der Waals surface area contributed by atoms with Crippen molar-refractivity contribution in [1.82, 2.24) is 0 Å². The second-order valence-electron chi connectivity index (χ2n) is 22.9. The van der Waals surface area contributed by atoms with Crippen molar-refractivity contribution in [2.24, 2.45) is 0 Å². The lowest BCUT2D eigenvalue weighted by Crippen LogP contribution is -2.44. The molecule has 2 aliphatic carbocycles. The van der Waals surface area contributed by atoms with Crippen LogP contribution in [0, 0.1) is 0 Å². The summed E-state index contributed by atoms with van der Waals surface area (Å²) in [5.41, 5.74) is 17.8. The van der Waals surface area contributed by atoms with Gasteiger partial charge in [-0.3, -0.25) is 0 Å². The summed E-state index contributed by atoms with van der Waals surface area (Å²) in [7, 11) is 0. The third-order valence-electron chi connectivity index (χ3n) is 18.2. The van der Waals surface area contributed by atoms with E-state index in [4.69, 9.17) is 6.58 Å². The van der Waals surface area contributed by atoms with Crippen molar-refractivity contribution in [3.05, 3.63) is 391 Å². The van der Waals surface area contributed by atoms with E-state index in [1.165, 1.54) is 76.5 Å². The first-order chi connectivity index (χ1) is 42.5. The third kappa shape index (κ3) is 8.33. The van der Waals surface area contributed by atoms with E-state index >= 15 is 0 Å². The second-order valence-corrected chi connectivity index (χ2v) is 22.9. The highest BCUT2D eigenvalue weighted by atomic mass is 15.1. The van der Waals surface area contributed by atoms with Gasteiger partial charge in [-0.2, -0.15) is 0 Å². The van der Waals surface area contributed by atoms with E-state index in [0.717, 1.165) is 62.0 Å². The summed E-state index contributed by atoms with van der Waals surface area (Å²) in [4.78, 5) is 4.77. The van der Waals surface area contributed by atoms with Gasteiger partial charge in [-0.25, -0.2) is 0 Å². The van der Waals surface area contributed by atoms with E-state index < -0.39 is 10.8 Å². The van der Waals surface area contributed by atoms with E-state index in [1.54, 1.807) is 0 Å². The number of hydrogen-bond acceptors (Lipinski definition) is 2. The van der Waals surface area contributed by atoms with Crippen LogP contribution in [0.3, 0.4) is 0 Å². The van der Waals surface area contributed by atoms with Crippen molar-refractivity contribution in [3.63, 3.8) is 0 Å². The fourth-order valence-corrected chi connectivity index (χ4v) is 14.1. The highest BCUT2D eigenvalue weighted by molar-refractivity contribution is 5.95. The minimum atomic E-state index is -0.756. The zero-order chi connectivity index (χ0) is 57.2. The van der Waals surface area contributed by atoms with Crippen LogP contribution in [0.15, 0.2) is 352 Å². The molecule has 0 saturated heterocycles. The molecule has 0 heterocycles. The Kier molecular flexibility index (Phi) is 12.2. The zero-order valence-corrected chi connectivity index (χ0v) is 47.4. The molecule has 0 amide bonds. The molecule has 2 heteroatoms. The summed E-state index contributed by atoms with van der Waals surface area (Å²) in [5.74, 6) is 0. The molecule has 404 valence electrons. The number of anilines is 6. The van der Waals surface area contributed by atoms with Gasteiger partial charge in [0.25, 0.3) is 0 Å². The zero-order valence-electron chi connectivity index (χ0n) is 47.4. The summed E-state index contributed by atoms with van der Waals surface area (Å²) in [6.45, 7) is 5.15. The average Bonchev–Trinajstić information content (AvgIpc) is 1.00. The molecule has 2 aliphatic rings. The maximum atomic E-state index is 5.15. The smallest absolute Gasteiger partial charge is 0.0702 e. The molecular weight excluding hydrogens is 1040 g/mol. The minimum Gasteiger partial charge on any atom is -0.310 e.